The molecule has 0 amide bonds. The Balaban J connectivity index is 3.26. The Morgan fingerprint density at radius 1 is 1.26 bits per heavy atom. The molecular formula is C24H40O7. The van der Waals surface area contributed by atoms with Crippen molar-refractivity contribution in [2.45, 2.75) is 90.1 Å². The van der Waals surface area contributed by atoms with Gasteiger partial charge in [-0.2, -0.15) is 0 Å². The summed E-state index contributed by atoms with van der Waals surface area (Å²) < 4.78 is 22.8. The summed E-state index contributed by atoms with van der Waals surface area (Å²) in [6.45, 7) is 9.17. The van der Waals surface area contributed by atoms with Gasteiger partial charge in [0.25, 0.3) is 0 Å². The highest BCUT2D eigenvalue weighted by molar-refractivity contribution is 5.83. The fourth-order valence-electron chi connectivity index (χ4n) is 3.90. The SMILES string of the molecule is C=CC[C@@H]1C/C(=C/C(=O)OC)[C@H](OC(=O)CCCCCCC)[C@](OC)(C(C)(C)CO)O1. The summed E-state index contributed by atoms with van der Waals surface area (Å²) in [5, 5.41) is 10.1. The minimum absolute atomic E-state index is 0.265. The number of carbonyl (C=O) groups is 2. The second kappa shape index (κ2) is 13.0. The Bertz CT molecular complexity index is 625. The molecule has 7 nitrogen and oxygen atoms in total. The van der Waals surface area contributed by atoms with Gasteiger partial charge in [0.15, 0.2) is 6.10 Å². The Morgan fingerprint density at radius 2 is 1.94 bits per heavy atom. The highest BCUT2D eigenvalue weighted by atomic mass is 16.7. The lowest BCUT2D eigenvalue weighted by molar-refractivity contribution is -0.348. The Labute approximate surface area is 186 Å². The van der Waals surface area contributed by atoms with E-state index in [2.05, 4.69) is 13.5 Å². The van der Waals surface area contributed by atoms with Gasteiger partial charge in [-0.15, -0.1) is 6.58 Å². The van der Waals surface area contributed by atoms with Crippen LogP contribution in [0.1, 0.15) is 72.1 Å². The maximum Gasteiger partial charge on any atom is 0.330 e. The number of aliphatic hydroxyl groups is 1. The fourth-order valence-corrected chi connectivity index (χ4v) is 3.90. The predicted octanol–water partition coefficient (Wildman–Crippen LogP) is 4.08. The van der Waals surface area contributed by atoms with Crippen LogP contribution in [0.3, 0.4) is 0 Å². The average Bonchev–Trinajstić information content (AvgIpc) is 2.74. The molecule has 0 aromatic rings. The van der Waals surface area contributed by atoms with Gasteiger partial charge in [0, 0.05) is 25.0 Å². The second-order valence-electron chi connectivity index (χ2n) is 8.66. The van der Waals surface area contributed by atoms with Gasteiger partial charge in [-0.25, -0.2) is 4.79 Å². The quantitative estimate of drug-likeness (QED) is 0.200. The summed E-state index contributed by atoms with van der Waals surface area (Å²) in [6.07, 6.45) is 7.84. The summed E-state index contributed by atoms with van der Waals surface area (Å²) in [7, 11) is 2.74. The van der Waals surface area contributed by atoms with E-state index in [1.165, 1.54) is 20.3 Å². The van der Waals surface area contributed by atoms with Crippen LogP contribution in [0.25, 0.3) is 0 Å². The molecule has 0 radical (unpaired) electrons. The van der Waals surface area contributed by atoms with Crippen LogP contribution < -0.4 is 0 Å². The third-order valence-corrected chi connectivity index (χ3v) is 5.80. The van der Waals surface area contributed by atoms with E-state index in [0.29, 0.717) is 18.4 Å². The van der Waals surface area contributed by atoms with Crippen LogP contribution >= 0.6 is 0 Å². The first-order chi connectivity index (χ1) is 14.7. The normalized spacial score (nSPS) is 25.3. The van der Waals surface area contributed by atoms with E-state index in [-0.39, 0.29) is 19.1 Å². The summed E-state index contributed by atoms with van der Waals surface area (Å²) in [5.41, 5.74) is -0.407. The molecule has 3 atom stereocenters. The number of hydrogen-bond donors (Lipinski definition) is 1. The molecular weight excluding hydrogens is 400 g/mol. The van der Waals surface area contributed by atoms with Crippen molar-refractivity contribution in [2.24, 2.45) is 5.41 Å². The van der Waals surface area contributed by atoms with Gasteiger partial charge in [-0.3, -0.25) is 4.79 Å². The average molecular weight is 441 g/mol. The number of hydrogen-bond acceptors (Lipinski definition) is 7. The smallest absolute Gasteiger partial charge is 0.330 e. The van der Waals surface area contributed by atoms with E-state index in [0.717, 1.165) is 32.1 Å². The van der Waals surface area contributed by atoms with E-state index in [1.54, 1.807) is 19.9 Å². The molecule has 31 heavy (non-hydrogen) atoms. The molecule has 1 saturated heterocycles. The molecule has 0 saturated carbocycles. The van der Waals surface area contributed by atoms with E-state index in [9.17, 15) is 14.7 Å². The van der Waals surface area contributed by atoms with Crippen molar-refractivity contribution in [1.82, 2.24) is 0 Å². The number of rotatable bonds is 13. The van der Waals surface area contributed by atoms with E-state index in [1.807, 2.05) is 0 Å². The van der Waals surface area contributed by atoms with Crippen molar-refractivity contribution >= 4 is 11.9 Å². The molecule has 178 valence electrons. The van der Waals surface area contributed by atoms with Crippen LogP contribution in [0.15, 0.2) is 24.3 Å². The third-order valence-electron chi connectivity index (χ3n) is 5.80. The minimum Gasteiger partial charge on any atom is -0.466 e. The molecule has 0 aliphatic carbocycles. The summed E-state index contributed by atoms with van der Waals surface area (Å²) in [4.78, 5) is 24.8. The molecule has 1 aliphatic rings. The Hall–Kier alpha value is -1.70. The Morgan fingerprint density at radius 3 is 2.48 bits per heavy atom. The first-order valence-electron chi connectivity index (χ1n) is 11.1. The molecule has 0 aromatic carbocycles. The van der Waals surface area contributed by atoms with Gasteiger partial charge < -0.3 is 24.1 Å². The molecule has 7 heteroatoms. The van der Waals surface area contributed by atoms with Crippen molar-refractivity contribution in [3.05, 3.63) is 24.3 Å². The minimum atomic E-state index is -1.48. The number of esters is 2. The van der Waals surface area contributed by atoms with E-state index >= 15 is 0 Å². The number of carbonyl (C=O) groups excluding carboxylic acids is 2. The largest absolute Gasteiger partial charge is 0.466 e. The van der Waals surface area contributed by atoms with Gasteiger partial charge in [-0.05, 0) is 24.8 Å². The zero-order valence-electron chi connectivity index (χ0n) is 19.8. The molecule has 0 bridgehead atoms. The molecule has 0 aromatic heterocycles. The van der Waals surface area contributed by atoms with Crippen LogP contribution in [0.2, 0.25) is 0 Å². The topological polar surface area (TPSA) is 91.3 Å². The number of ether oxygens (including phenoxy) is 4. The standard InChI is InChI=1S/C24H40O7/c1-7-9-10-11-12-14-20(26)30-22-18(16-21(27)28-5)15-19(13-8-2)31-24(22,29-6)23(3,4)17-25/h8,16,19,22,25H,2,7,9-15,17H2,1,3-6H3/b18-16-/t19-,22+,24-/m1/s1. The third kappa shape index (κ3) is 7.16. The summed E-state index contributed by atoms with van der Waals surface area (Å²) in [6, 6.07) is 0. The number of methoxy groups -OCH3 is 2. The van der Waals surface area contributed by atoms with Crippen molar-refractivity contribution < 1.29 is 33.6 Å². The first kappa shape index (κ1) is 27.3. The molecule has 1 heterocycles. The molecule has 0 unspecified atom stereocenters. The van der Waals surface area contributed by atoms with Crippen molar-refractivity contribution in [3.8, 4) is 0 Å². The van der Waals surface area contributed by atoms with Crippen LogP contribution in [0.5, 0.6) is 0 Å². The van der Waals surface area contributed by atoms with E-state index in [4.69, 9.17) is 18.9 Å². The van der Waals surface area contributed by atoms with Gasteiger partial charge in [0.1, 0.15) is 0 Å². The predicted molar refractivity (Wildman–Crippen MR) is 118 cm³/mol. The van der Waals surface area contributed by atoms with Crippen molar-refractivity contribution in [3.63, 3.8) is 0 Å². The lowest BCUT2D eigenvalue weighted by Crippen LogP contribution is -2.64. The molecule has 1 rings (SSSR count). The maximum atomic E-state index is 12.7. The van der Waals surface area contributed by atoms with Gasteiger partial charge in [0.05, 0.1) is 19.8 Å². The number of unbranched alkanes of at least 4 members (excludes halogenated alkanes) is 4. The highest BCUT2D eigenvalue weighted by Gasteiger charge is 2.59. The zero-order valence-corrected chi connectivity index (χ0v) is 19.8. The van der Waals surface area contributed by atoms with Crippen LogP contribution in [-0.4, -0.2) is 55.9 Å². The fraction of sp³-hybridized carbons (Fsp3) is 0.750. The van der Waals surface area contributed by atoms with E-state index < -0.39 is 29.2 Å². The van der Waals surface area contributed by atoms with Gasteiger partial charge in [0.2, 0.25) is 5.79 Å². The molecule has 0 spiro atoms. The number of aliphatic hydroxyl groups excluding tert-OH is 1. The monoisotopic (exact) mass is 440 g/mol. The second-order valence-corrected chi connectivity index (χ2v) is 8.66. The molecule has 1 N–H and O–H groups in total. The Kier molecular flexibility index (Phi) is 11.5. The van der Waals surface area contributed by atoms with Crippen molar-refractivity contribution in [1.29, 1.82) is 0 Å². The molecule has 1 fully saturated rings. The highest BCUT2D eigenvalue weighted by Crippen LogP contribution is 2.47. The first-order valence-corrected chi connectivity index (χ1v) is 11.1. The summed E-state index contributed by atoms with van der Waals surface area (Å²) in [5.74, 6) is -2.43. The lowest BCUT2D eigenvalue weighted by atomic mass is 9.75. The zero-order chi connectivity index (χ0) is 23.5. The lowest BCUT2D eigenvalue weighted by Gasteiger charge is -2.53. The van der Waals surface area contributed by atoms with Crippen LogP contribution in [0.4, 0.5) is 0 Å². The van der Waals surface area contributed by atoms with Crippen LogP contribution in [-0.2, 0) is 28.5 Å². The molecule has 1 aliphatic heterocycles. The van der Waals surface area contributed by atoms with Gasteiger partial charge >= 0.3 is 11.9 Å². The summed E-state index contributed by atoms with van der Waals surface area (Å²) >= 11 is 0. The maximum absolute atomic E-state index is 12.7. The van der Waals surface area contributed by atoms with Crippen molar-refractivity contribution in [2.75, 3.05) is 20.8 Å². The van der Waals surface area contributed by atoms with Crippen LogP contribution in [0, 0.1) is 5.41 Å². The van der Waals surface area contributed by atoms with Gasteiger partial charge in [-0.1, -0.05) is 52.5 Å².